The zero-order valence-corrected chi connectivity index (χ0v) is 8.05. The maximum atomic E-state index is 11.1. The summed E-state index contributed by atoms with van der Waals surface area (Å²) in [5.41, 5.74) is 2.08. The topological polar surface area (TPSA) is 53.0 Å². The Hall–Kier alpha value is -1.87. The molecule has 0 bridgehead atoms. The molecule has 0 aliphatic rings. The van der Waals surface area contributed by atoms with Crippen LogP contribution in [0.5, 0.6) is 5.75 Å². The predicted molar refractivity (Wildman–Crippen MR) is 55.7 cm³/mol. The summed E-state index contributed by atoms with van der Waals surface area (Å²) in [7, 11) is 0. The lowest BCUT2D eigenvalue weighted by Crippen LogP contribution is -1.90. The van der Waals surface area contributed by atoms with E-state index in [0.717, 1.165) is 5.56 Å². The van der Waals surface area contributed by atoms with Crippen molar-refractivity contribution in [2.45, 2.75) is 6.61 Å². The predicted octanol–water partition coefficient (Wildman–Crippen LogP) is 2.38. The van der Waals surface area contributed by atoms with E-state index < -0.39 is 0 Å². The summed E-state index contributed by atoms with van der Waals surface area (Å²) in [6.45, 7) is -0.0924. The van der Waals surface area contributed by atoms with Crippen molar-refractivity contribution >= 4 is 0 Å². The van der Waals surface area contributed by atoms with Crippen LogP contribution in [-0.2, 0) is 11.7 Å². The van der Waals surface area contributed by atoms with Gasteiger partial charge in [0.2, 0.25) is 0 Å². The maximum Gasteiger partial charge on any atom is 0.179 e. The highest BCUT2D eigenvalue weighted by Crippen LogP contribution is 2.21. The smallest absolute Gasteiger partial charge is 0.179 e. The molecule has 0 saturated heterocycles. The summed E-state index contributed by atoms with van der Waals surface area (Å²) in [4.78, 5) is 4.21. The molecular formula is C12H10NO2. The SMILES string of the molecule is [O]c1cccc(-c2cccc(CO)n2)c1. The first kappa shape index (κ1) is 9.68. The van der Waals surface area contributed by atoms with Gasteiger partial charge in [0.05, 0.1) is 18.0 Å². The molecule has 0 aliphatic carbocycles. The number of pyridine rings is 1. The molecule has 0 atom stereocenters. The lowest BCUT2D eigenvalue weighted by molar-refractivity contribution is 0.277. The van der Waals surface area contributed by atoms with Crippen molar-refractivity contribution in [3.8, 4) is 17.0 Å². The molecule has 1 heterocycles. The van der Waals surface area contributed by atoms with Gasteiger partial charge in [-0.15, -0.1) is 0 Å². The van der Waals surface area contributed by atoms with Gasteiger partial charge in [-0.3, -0.25) is 10.1 Å². The number of aliphatic hydroxyl groups excluding tert-OH is 1. The van der Waals surface area contributed by atoms with Crippen LogP contribution in [-0.4, -0.2) is 10.1 Å². The van der Waals surface area contributed by atoms with Crippen LogP contribution < -0.4 is 0 Å². The van der Waals surface area contributed by atoms with E-state index in [4.69, 9.17) is 5.11 Å². The fourth-order valence-corrected chi connectivity index (χ4v) is 1.38. The van der Waals surface area contributed by atoms with Gasteiger partial charge in [-0.1, -0.05) is 18.2 Å². The minimum absolute atomic E-state index is 0.0382. The largest absolute Gasteiger partial charge is 0.390 e. The summed E-state index contributed by atoms with van der Waals surface area (Å²) in [5.74, 6) is -0.0382. The van der Waals surface area contributed by atoms with Gasteiger partial charge >= 0.3 is 0 Å². The van der Waals surface area contributed by atoms with Crippen LogP contribution in [0.4, 0.5) is 0 Å². The van der Waals surface area contributed by atoms with Crippen LogP contribution in [0.1, 0.15) is 5.69 Å². The summed E-state index contributed by atoms with van der Waals surface area (Å²) in [6.07, 6.45) is 0. The monoisotopic (exact) mass is 200 g/mol. The van der Waals surface area contributed by atoms with Crippen molar-refractivity contribution < 1.29 is 10.2 Å². The molecule has 0 aliphatic heterocycles. The molecule has 0 amide bonds. The Morgan fingerprint density at radius 3 is 2.67 bits per heavy atom. The Balaban J connectivity index is 2.44. The van der Waals surface area contributed by atoms with Crippen LogP contribution in [0.3, 0.4) is 0 Å². The van der Waals surface area contributed by atoms with Gasteiger partial charge < -0.3 is 5.11 Å². The Bertz CT molecular complexity index is 469. The highest BCUT2D eigenvalue weighted by molar-refractivity contribution is 5.60. The van der Waals surface area contributed by atoms with Gasteiger partial charge in [-0.05, 0) is 24.3 Å². The van der Waals surface area contributed by atoms with Crippen LogP contribution in [0.15, 0.2) is 42.5 Å². The lowest BCUT2D eigenvalue weighted by atomic mass is 10.1. The van der Waals surface area contributed by atoms with E-state index in [2.05, 4.69) is 4.98 Å². The molecule has 0 spiro atoms. The molecule has 0 saturated carbocycles. The van der Waals surface area contributed by atoms with Crippen molar-refractivity contribution in [2.75, 3.05) is 0 Å². The Morgan fingerprint density at radius 2 is 1.93 bits per heavy atom. The molecule has 1 aromatic heterocycles. The molecule has 0 fully saturated rings. The van der Waals surface area contributed by atoms with Gasteiger partial charge in [0.1, 0.15) is 0 Å². The zero-order chi connectivity index (χ0) is 10.7. The van der Waals surface area contributed by atoms with Crippen molar-refractivity contribution in [3.63, 3.8) is 0 Å². The number of hydrogen-bond acceptors (Lipinski definition) is 2. The second-order valence-electron chi connectivity index (χ2n) is 3.20. The van der Waals surface area contributed by atoms with E-state index in [1.807, 2.05) is 18.2 Å². The third kappa shape index (κ3) is 2.14. The van der Waals surface area contributed by atoms with E-state index in [1.54, 1.807) is 12.1 Å². The van der Waals surface area contributed by atoms with Crippen LogP contribution in [0.25, 0.3) is 11.3 Å². The molecule has 3 heteroatoms. The van der Waals surface area contributed by atoms with Gasteiger partial charge in [0.15, 0.2) is 5.75 Å². The highest BCUT2D eigenvalue weighted by Gasteiger charge is 2.01. The number of aromatic nitrogens is 1. The normalized spacial score (nSPS) is 10.2. The standard InChI is InChI=1S/C12H10NO2/c14-8-10-4-2-6-12(13-10)9-3-1-5-11(15)7-9/h1-7,14H,8H2. The minimum atomic E-state index is -0.0924. The fourth-order valence-electron chi connectivity index (χ4n) is 1.38. The Kier molecular flexibility index (Phi) is 2.65. The van der Waals surface area contributed by atoms with Crippen molar-refractivity contribution in [3.05, 3.63) is 48.2 Å². The number of nitrogens with zero attached hydrogens (tertiary/aromatic N) is 1. The van der Waals surface area contributed by atoms with Gasteiger partial charge in [0, 0.05) is 5.56 Å². The third-order valence-electron chi connectivity index (χ3n) is 2.10. The first-order chi connectivity index (χ1) is 7.29. The molecule has 1 aromatic carbocycles. The van der Waals surface area contributed by atoms with E-state index in [9.17, 15) is 5.11 Å². The third-order valence-corrected chi connectivity index (χ3v) is 2.10. The Morgan fingerprint density at radius 1 is 1.13 bits per heavy atom. The summed E-state index contributed by atoms with van der Waals surface area (Å²) < 4.78 is 0. The Labute approximate surface area is 87.7 Å². The van der Waals surface area contributed by atoms with Crippen molar-refractivity contribution in [2.24, 2.45) is 0 Å². The number of rotatable bonds is 2. The van der Waals surface area contributed by atoms with Gasteiger partial charge in [0.25, 0.3) is 0 Å². The van der Waals surface area contributed by atoms with Gasteiger partial charge in [-0.25, -0.2) is 0 Å². The molecule has 1 radical (unpaired) electrons. The zero-order valence-electron chi connectivity index (χ0n) is 8.05. The molecule has 3 nitrogen and oxygen atoms in total. The molecule has 1 N–H and O–H groups in total. The van der Waals surface area contributed by atoms with Crippen LogP contribution in [0, 0.1) is 0 Å². The second-order valence-corrected chi connectivity index (χ2v) is 3.20. The molecule has 0 unspecified atom stereocenters. The number of hydrogen-bond donors (Lipinski definition) is 1. The average molecular weight is 200 g/mol. The molecule has 75 valence electrons. The summed E-state index contributed by atoms with van der Waals surface area (Å²) >= 11 is 0. The summed E-state index contributed by atoms with van der Waals surface area (Å²) in [5, 5.41) is 20.1. The summed E-state index contributed by atoms with van der Waals surface area (Å²) in [6, 6.07) is 11.9. The maximum absolute atomic E-state index is 11.1. The quantitative estimate of drug-likeness (QED) is 0.809. The molecule has 2 rings (SSSR count). The first-order valence-corrected chi connectivity index (χ1v) is 4.64. The van der Waals surface area contributed by atoms with Crippen LogP contribution >= 0.6 is 0 Å². The fraction of sp³-hybridized carbons (Fsp3) is 0.0833. The molecule has 15 heavy (non-hydrogen) atoms. The molecule has 2 aromatic rings. The van der Waals surface area contributed by atoms with Crippen LogP contribution in [0.2, 0.25) is 0 Å². The minimum Gasteiger partial charge on any atom is -0.390 e. The lowest BCUT2D eigenvalue weighted by Gasteiger charge is -2.02. The van der Waals surface area contributed by atoms with Crippen molar-refractivity contribution in [1.82, 2.24) is 4.98 Å². The van der Waals surface area contributed by atoms with E-state index in [0.29, 0.717) is 11.4 Å². The number of benzene rings is 1. The average Bonchev–Trinajstić information content (AvgIpc) is 2.29. The van der Waals surface area contributed by atoms with Gasteiger partial charge in [-0.2, -0.15) is 0 Å². The molecular weight excluding hydrogens is 190 g/mol. The second kappa shape index (κ2) is 4.11. The van der Waals surface area contributed by atoms with E-state index >= 15 is 0 Å². The number of aliphatic hydroxyl groups is 1. The highest BCUT2D eigenvalue weighted by atomic mass is 16.3. The van der Waals surface area contributed by atoms with Crippen molar-refractivity contribution in [1.29, 1.82) is 0 Å². The van der Waals surface area contributed by atoms with E-state index in [1.165, 1.54) is 12.1 Å². The van der Waals surface area contributed by atoms with E-state index in [-0.39, 0.29) is 12.4 Å². The first-order valence-electron chi connectivity index (χ1n) is 4.64.